The van der Waals surface area contributed by atoms with E-state index < -0.39 is 0 Å². The van der Waals surface area contributed by atoms with Crippen LogP contribution in [0.2, 0.25) is 0 Å². The smallest absolute Gasteiger partial charge is 0.270 e. The van der Waals surface area contributed by atoms with Crippen LogP contribution in [0, 0.1) is 11.8 Å². The molecule has 0 radical (unpaired) electrons. The first-order valence-electron chi connectivity index (χ1n) is 8.32. The van der Waals surface area contributed by atoms with Crippen molar-refractivity contribution in [1.29, 1.82) is 0 Å². The van der Waals surface area contributed by atoms with Gasteiger partial charge in [0.15, 0.2) is 0 Å². The SMILES string of the molecule is O=C(NC1CCC2CCCC2C1)c1csc(-c2cnccn2)n1. The molecule has 2 aromatic heterocycles. The van der Waals surface area contributed by atoms with Crippen molar-refractivity contribution in [1.82, 2.24) is 20.3 Å². The van der Waals surface area contributed by atoms with Crippen molar-refractivity contribution < 1.29 is 4.79 Å². The Hall–Kier alpha value is -1.82. The van der Waals surface area contributed by atoms with Gasteiger partial charge in [-0.1, -0.05) is 19.3 Å². The van der Waals surface area contributed by atoms with Crippen LogP contribution in [0.15, 0.2) is 24.0 Å². The molecule has 2 fully saturated rings. The molecule has 5 nitrogen and oxygen atoms in total. The number of thiazole rings is 1. The first kappa shape index (κ1) is 14.8. The Morgan fingerprint density at radius 1 is 1.17 bits per heavy atom. The molecule has 0 saturated heterocycles. The maximum atomic E-state index is 12.4. The molecule has 2 saturated carbocycles. The molecule has 0 aromatic carbocycles. The van der Waals surface area contributed by atoms with E-state index in [2.05, 4.69) is 20.3 Å². The maximum Gasteiger partial charge on any atom is 0.270 e. The van der Waals surface area contributed by atoms with Crippen molar-refractivity contribution in [2.24, 2.45) is 11.8 Å². The van der Waals surface area contributed by atoms with E-state index in [9.17, 15) is 4.79 Å². The number of aromatic nitrogens is 3. The van der Waals surface area contributed by atoms with Gasteiger partial charge in [0, 0.05) is 23.8 Å². The normalized spacial score (nSPS) is 26.7. The van der Waals surface area contributed by atoms with Crippen molar-refractivity contribution >= 4 is 17.2 Å². The van der Waals surface area contributed by atoms with Crippen LogP contribution < -0.4 is 5.32 Å². The molecular weight excluding hydrogens is 308 g/mol. The molecule has 0 bridgehead atoms. The van der Waals surface area contributed by atoms with Crippen molar-refractivity contribution in [2.45, 2.75) is 44.6 Å². The van der Waals surface area contributed by atoms with Crippen molar-refractivity contribution in [3.8, 4) is 10.7 Å². The Labute approximate surface area is 139 Å². The van der Waals surface area contributed by atoms with Gasteiger partial charge in [-0.25, -0.2) is 4.98 Å². The van der Waals surface area contributed by atoms with Crippen LogP contribution in [-0.2, 0) is 0 Å². The maximum absolute atomic E-state index is 12.4. The molecule has 2 heterocycles. The van der Waals surface area contributed by atoms with Crippen molar-refractivity contribution in [3.05, 3.63) is 29.7 Å². The highest BCUT2D eigenvalue weighted by Crippen LogP contribution is 2.42. The highest BCUT2D eigenvalue weighted by Gasteiger charge is 2.34. The summed E-state index contributed by atoms with van der Waals surface area (Å²) in [4.78, 5) is 25.1. The van der Waals surface area contributed by atoms with Gasteiger partial charge in [-0.15, -0.1) is 11.3 Å². The van der Waals surface area contributed by atoms with Crippen molar-refractivity contribution in [2.75, 3.05) is 0 Å². The largest absolute Gasteiger partial charge is 0.348 e. The lowest BCUT2D eigenvalue weighted by molar-refractivity contribution is 0.0906. The van der Waals surface area contributed by atoms with Crippen LogP contribution in [0.5, 0.6) is 0 Å². The van der Waals surface area contributed by atoms with E-state index in [1.165, 1.54) is 37.0 Å². The van der Waals surface area contributed by atoms with Gasteiger partial charge < -0.3 is 5.32 Å². The van der Waals surface area contributed by atoms with Crippen molar-refractivity contribution in [3.63, 3.8) is 0 Å². The predicted octanol–water partition coefficient (Wildman–Crippen LogP) is 3.30. The summed E-state index contributed by atoms with van der Waals surface area (Å²) in [7, 11) is 0. The second kappa shape index (κ2) is 6.35. The molecule has 2 aromatic rings. The Bertz CT molecular complexity index is 687. The molecule has 3 atom stereocenters. The molecule has 3 unspecified atom stereocenters. The number of hydrogen-bond donors (Lipinski definition) is 1. The zero-order valence-electron chi connectivity index (χ0n) is 12.9. The summed E-state index contributed by atoms with van der Waals surface area (Å²) in [6.07, 6.45) is 12.5. The summed E-state index contributed by atoms with van der Waals surface area (Å²) in [6, 6.07) is 0.309. The van der Waals surface area contributed by atoms with Crippen LogP contribution in [0.4, 0.5) is 0 Å². The van der Waals surface area contributed by atoms with Gasteiger partial charge in [0.05, 0.1) is 6.20 Å². The summed E-state index contributed by atoms with van der Waals surface area (Å²) in [5.74, 6) is 1.67. The molecule has 120 valence electrons. The first-order chi connectivity index (χ1) is 11.3. The van der Waals surface area contributed by atoms with E-state index in [4.69, 9.17) is 0 Å². The zero-order chi connectivity index (χ0) is 15.6. The summed E-state index contributed by atoms with van der Waals surface area (Å²) in [5, 5.41) is 5.73. The zero-order valence-corrected chi connectivity index (χ0v) is 13.8. The summed E-state index contributed by atoms with van der Waals surface area (Å²) in [6.45, 7) is 0. The minimum absolute atomic E-state index is 0.0576. The molecule has 1 N–H and O–H groups in total. The topological polar surface area (TPSA) is 67.8 Å². The Morgan fingerprint density at radius 2 is 2.09 bits per heavy atom. The van der Waals surface area contributed by atoms with Crippen LogP contribution in [0.1, 0.15) is 49.0 Å². The molecule has 0 spiro atoms. The van der Waals surface area contributed by atoms with Crippen LogP contribution in [0.3, 0.4) is 0 Å². The van der Waals surface area contributed by atoms with Gasteiger partial charge in [0.25, 0.3) is 5.91 Å². The number of amides is 1. The Balaban J connectivity index is 1.41. The third-order valence-corrected chi connectivity index (χ3v) is 6.01. The highest BCUT2D eigenvalue weighted by molar-refractivity contribution is 7.13. The number of nitrogens with zero attached hydrogens (tertiary/aromatic N) is 3. The van der Waals surface area contributed by atoms with E-state index in [1.807, 2.05) is 0 Å². The third-order valence-electron chi connectivity index (χ3n) is 5.14. The minimum atomic E-state index is -0.0576. The second-order valence-electron chi connectivity index (χ2n) is 6.56. The average molecular weight is 328 g/mol. The fourth-order valence-corrected chi connectivity index (χ4v) is 4.76. The molecule has 1 amide bonds. The lowest BCUT2D eigenvalue weighted by Gasteiger charge is -2.32. The summed E-state index contributed by atoms with van der Waals surface area (Å²) in [5.41, 5.74) is 1.20. The van der Waals surface area contributed by atoms with Gasteiger partial charge in [-0.05, 0) is 31.1 Å². The standard InChI is InChI=1S/C17H20N4OS/c22-16(20-13-5-4-11-2-1-3-12(11)8-13)15-10-23-17(21-15)14-9-18-6-7-19-14/h6-7,9-13H,1-5,8H2,(H,20,22). The molecule has 23 heavy (non-hydrogen) atoms. The van der Waals surface area contributed by atoms with Gasteiger partial charge in [0.2, 0.25) is 0 Å². The molecule has 0 aliphatic heterocycles. The minimum Gasteiger partial charge on any atom is -0.348 e. The van der Waals surface area contributed by atoms with E-state index in [-0.39, 0.29) is 5.91 Å². The fraction of sp³-hybridized carbons (Fsp3) is 0.529. The fourth-order valence-electron chi connectivity index (χ4n) is 4.00. The summed E-state index contributed by atoms with van der Waals surface area (Å²) >= 11 is 1.43. The number of nitrogens with one attached hydrogen (secondary N) is 1. The lowest BCUT2D eigenvalue weighted by Crippen LogP contribution is -2.39. The van der Waals surface area contributed by atoms with E-state index in [1.54, 1.807) is 24.0 Å². The lowest BCUT2D eigenvalue weighted by atomic mass is 9.79. The van der Waals surface area contributed by atoms with E-state index in [0.717, 1.165) is 29.7 Å². The Kier molecular flexibility index (Phi) is 4.08. The first-order valence-corrected chi connectivity index (χ1v) is 9.20. The van der Waals surface area contributed by atoms with Gasteiger partial charge in [-0.2, -0.15) is 0 Å². The van der Waals surface area contributed by atoms with E-state index >= 15 is 0 Å². The number of hydrogen-bond acceptors (Lipinski definition) is 5. The average Bonchev–Trinajstić information content (AvgIpc) is 3.24. The summed E-state index contributed by atoms with van der Waals surface area (Å²) < 4.78 is 0. The number of carbonyl (C=O) groups excluding carboxylic acids is 1. The number of fused-ring (bicyclic) bond motifs is 1. The molecule has 2 aliphatic carbocycles. The van der Waals surface area contributed by atoms with Crippen LogP contribution in [-0.4, -0.2) is 26.9 Å². The predicted molar refractivity (Wildman–Crippen MR) is 89.1 cm³/mol. The molecule has 6 heteroatoms. The molecular formula is C17H20N4OS. The second-order valence-corrected chi connectivity index (χ2v) is 7.42. The van der Waals surface area contributed by atoms with Gasteiger partial charge >= 0.3 is 0 Å². The number of rotatable bonds is 3. The Morgan fingerprint density at radius 3 is 2.96 bits per heavy atom. The number of carbonyl (C=O) groups is 1. The third kappa shape index (κ3) is 3.13. The quantitative estimate of drug-likeness (QED) is 0.938. The van der Waals surface area contributed by atoms with Gasteiger partial charge in [0.1, 0.15) is 16.4 Å². The monoisotopic (exact) mass is 328 g/mol. The molecule has 2 aliphatic rings. The van der Waals surface area contributed by atoms with Gasteiger partial charge in [-0.3, -0.25) is 14.8 Å². The highest BCUT2D eigenvalue weighted by atomic mass is 32.1. The molecule has 4 rings (SSSR count). The van der Waals surface area contributed by atoms with Crippen LogP contribution >= 0.6 is 11.3 Å². The van der Waals surface area contributed by atoms with Crippen LogP contribution in [0.25, 0.3) is 10.7 Å². The van der Waals surface area contributed by atoms with E-state index in [0.29, 0.717) is 17.4 Å².